The van der Waals surface area contributed by atoms with Crippen molar-refractivity contribution in [2.75, 3.05) is 7.11 Å². The fourth-order valence-corrected chi connectivity index (χ4v) is 1.53. The predicted octanol–water partition coefficient (Wildman–Crippen LogP) is 4.16. The highest BCUT2D eigenvalue weighted by Gasteiger charge is 1.99. The molecule has 0 bridgehead atoms. The summed E-state index contributed by atoms with van der Waals surface area (Å²) >= 11 is 0. The normalized spacial score (nSPS) is 11.3. The van der Waals surface area contributed by atoms with Crippen molar-refractivity contribution in [1.29, 1.82) is 0 Å². The quantitative estimate of drug-likeness (QED) is 0.717. The molecule has 0 aromatic heterocycles. The van der Waals surface area contributed by atoms with Crippen LogP contribution in [0.15, 0.2) is 54.6 Å². The first-order valence-corrected chi connectivity index (χ1v) is 5.36. The van der Waals surface area contributed by atoms with Gasteiger partial charge in [-0.2, -0.15) is 0 Å². The zero-order chi connectivity index (χ0) is 12.1. The zero-order valence-electron chi connectivity index (χ0n) is 9.56. The van der Waals surface area contributed by atoms with E-state index in [1.54, 1.807) is 19.2 Å². The van der Waals surface area contributed by atoms with E-state index in [-0.39, 0.29) is 5.83 Å². The molecule has 0 fully saturated rings. The Kier molecular flexibility index (Phi) is 3.55. The lowest BCUT2D eigenvalue weighted by molar-refractivity contribution is 0.415. The van der Waals surface area contributed by atoms with Gasteiger partial charge in [0.2, 0.25) is 0 Å². The highest BCUT2D eigenvalue weighted by molar-refractivity contribution is 5.76. The molecule has 0 spiro atoms. The molecule has 0 aliphatic heterocycles. The molecule has 17 heavy (non-hydrogen) atoms. The largest absolute Gasteiger partial charge is 0.497 e. The van der Waals surface area contributed by atoms with E-state index >= 15 is 0 Å². The van der Waals surface area contributed by atoms with Crippen LogP contribution in [-0.4, -0.2) is 7.11 Å². The molecule has 0 aliphatic carbocycles. The molecular formula is C15H13FO. The monoisotopic (exact) mass is 228 g/mol. The lowest BCUT2D eigenvalue weighted by atomic mass is 10.1. The molecule has 2 aromatic rings. The number of methoxy groups -OCH3 is 1. The van der Waals surface area contributed by atoms with Crippen LogP contribution in [-0.2, 0) is 0 Å². The van der Waals surface area contributed by atoms with E-state index in [1.165, 1.54) is 6.08 Å². The first kappa shape index (κ1) is 11.4. The summed E-state index contributed by atoms with van der Waals surface area (Å²) in [5.74, 6) is 0.526. The standard InChI is InChI=1S/C15H13FO/c1-17-14-9-7-12(8-10-14)11-15(16)13-5-3-2-4-6-13/h2-11H,1H3/b15-11-. The Hall–Kier alpha value is -2.09. The summed E-state index contributed by atoms with van der Waals surface area (Å²) in [5.41, 5.74) is 1.40. The van der Waals surface area contributed by atoms with E-state index in [1.807, 2.05) is 42.5 Å². The first-order chi connectivity index (χ1) is 8.29. The van der Waals surface area contributed by atoms with Gasteiger partial charge in [-0.05, 0) is 23.8 Å². The number of ether oxygens (including phenoxy) is 1. The van der Waals surface area contributed by atoms with Gasteiger partial charge in [-0.3, -0.25) is 0 Å². The average Bonchev–Trinajstić information content (AvgIpc) is 2.40. The van der Waals surface area contributed by atoms with E-state index < -0.39 is 0 Å². The van der Waals surface area contributed by atoms with Gasteiger partial charge in [-0.25, -0.2) is 4.39 Å². The fourth-order valence-electron chi connectivity index (χ4n) is 1.53. The Balaban J connectivity index is 2.23. The van der Waals surface area contributed by atoms with Crippen LogP contribution in [0.1, 0.15) is 11.1 Å². The van der Waals surface area contributed by atoms with Crippen LogP contribution in [0.2, 0.25) is 0 Å². The molecule has 0 unspecified atom stereocenters. The minimum absolute atomic E-state index is 0.240. The molecule has 2 aromatic carbocycles. The maximum Gasteiger partial charge on any atom is 0.131 e. The van der Waals surface area contributed by atoms with Crippen molar-refractivity contribution in [1.82, 2.24) is 0 Å². The van der Waals surface area contributed by atoms with Crippen LogP contribution in [0.5, 0.6) is 5.75 Å². The number of halogens is 1. The zero-order valence-corrected chi connectivity index (χ0v) is 9.56. The van der Waals surface area contributed by atoms with Gasteiger partial charge >= 0.3 is 0 Å². The van der Waals surface area contributed by atoms with Gasteiger partial charge in [0, 0.05) is 5.56 Å². The van der Waals surface area contributed by atoms with E-state index in [9.17, 15) is 4.39 Å². The van der Waals surface area contributed by atoms with E-state index in [0.29, 0.717) is 5.56 Å². The maximum absolute atomic E-state index is 13.8. The SMILES string of the molecule is COc1ccc(/C=C(\F)c2ccccc2)cc1. The van der Waals surface area contributed by atoms with Crippen molar-refractivity contribution < 1.29 is 9.13 Å². The first-order valence-electron chi connectivity index (χ1n) is 5.36. The summed E-state index contributed by atoms with van der Waals surface area (Å²) in [7, 11) is 1.61. The number of rotatable bonds is 3. The molecule has 2 rings (SSSR count). The molecule has 0 amide bonds. The van der Waals surface area contributed by atoms with Crippen LogP contribution in [0, 0.1) is 0 Å². The second kappa shape index (κ2) is 5.30. The van der Waals surface area contributed by atoms with Gasteiger partial charge in [0.1, 0.15) is 11.6 Å². The van der Waals surface area contributed by atoms with Crippen molar-refractivity contribution in [3.05, 3.63) is 65.7 Å². The van der Waals surface area contributed by atoms with Crippen LogP contribution in [0.4, 0.5) is 4.39 Å². The topological polar surface area (TPSA) is 9.23 Å². The molecule has 0 aliphatic rings. The van der Waals surface area contributed by atoms with Crippen molar-refractivity contribution in [2.24, 2.45) is 0 Å². The van der Waals surface area contributed by atoms with Gasteiger partial charge < -0.3 is 4.74 Å². The summed E-state index contributed by atoms with van der Waals surface area (Å²) in [6.07, 6.45) is 1.51. The molecule has 0 saturated carbocycles. The molecule has 0 radical (unpaired) electrons. The van der Waals surface area contributed by atoms with E-state index in [2.05, 4.69) is 0 Å². The van der Waals surface area contributed by atoms with Crippen LogP contribution in [0.25, 0.3) is 11.9 Å². The second-order valence-corrected chi connectivity index (χ2v) is 3.63. The Morgan fingerprint density at radius 2 is 1.65 bits per heavy atom. The van der Waals surface area contributed by atoms with Crippen LogP contribution >= 0.6 is 0 Å². The summed E-state index contributed by atoms with van der Waals surface area (Å²) < 4.78 is 18.9. The molecule has 0 N–H and O–H groups in total. The van der Waals surface area contributed by atoms with Crippen LogP contribution in [0.3, 0.4) is 0 Å². The Morgan fingerprint density at radius 3 is 2.24 bits per heavy atom. The summed E-state index contributed by atoms with van der Waals surface area (Å²) in [6.45, 7) is 0. The summed E-state index contributed by atoms with van der Waals surface area (Å²) in [5, 5.41) is 0. The minimum Gasteiger partial charge on any atom is -0.497 e. The lowest BCUT2D eigenvalue weighted by Gasteiger charge is -2.00. The number of hydrogen-bond acceptors (Lipinski definition) is 1. The van der Waals surface area contributed by atoms with Crippen molar-refractivity contribution >= 4 is 11.9 Å². The maximum atomic E-state index is 13.8. The summed E-state index contributed by atoms with van der Waals surface area (Å²) in [6, 6.07) is 16.2. The highest BCUT2D eigenvalue weighted by atomic mass is 19.1. The molecular weight excluding hydrogens is 215 g/mol. The Bertz CT molecular complexity index is 500. The molecule has 1 nitrogen and oxygen atoms in total. The Morgan fingerprint density at radius 1 is 1.00 bits per heavy atom. The van der Waals surface area contributed by atoms with Gasteiger partial charge in [-0.15, -0.1) is 0 Å². The van der Waals surface area contributed by atoms with Crippen molar-refractivity contribution in [3.8, 4) is 5.75 Å². The van der Waals surface area contributed by atoms with Crippen molar-refractivity contribution in [2.45, 2.75) is 0 Å². The van der Waals surface area contributed by atoms with Gasteiger partial charge in [-0.1, -0.05) is 42.5 Å². The molecule has 0 atom stereocenters. The van der Waals surface area contributed by atoms with Gasteiger partial charge in [0.15, 0.2) is 0 Å². The molecule has 2 heteroatoms. The number of hydrogen-bond donors (Lipinski definition) is 0. The summed E-state index contributed by atoms with van der Waals surface area (Å²) in [4.78, 5) is 0. The van der Waals surface area contributed by atoms with E-state index in [4.69, 9.17) is 4.74 Å². The molecule has 86 valence electrons. The minimum atomic E-state index is -0.240. The third-order valence-electron chi connectivity index (χ3n) is 2.46. The van der Waals surface area contributed by atoms with Gasteiger partial charge in [0.05, 0.1) is 7.11 Å². The molecule has 0 saturated heterocycles. The van der Waals surface area contributed by atoms with Gasteiger partial charge in [0.25, 0.3) is 0 Å². The lowest BCUT2D eigenvalue weighted by Crippen LogP contribution is -1.82. The van der Waals surface area contributed by atoms with E-state index in [0.717, 1.165) is 11.3 Å². The fraction of sp³-hybridized carbons (Fsp3) is 0.0667. The van der Waals surface area contributed by atoms with Crippen molar-refractivity contribution in [3.63, 3.8) is 0 Å². The highest BCUT2D eigenvalue weighted by Crippen LogP contribution is 2.20. The third kappa shape index (κ3) is 2.94. The Labute approximate surface area is 100 Å². The number of benzene rings is 2. The second-order valence-electron chi connectivity index (χ2n) is 3.63. The third-order valence-corrected chi connectivity index (χ3v) is 2.46. The average molecular weight is 228 g/mol. The molecule has 0 heterocycles. The predicted molar refractivity (Wildman–Crippen MR) is 68.4 cm³/mol. The van der Waals surface area contributed by atoms with Crippen LogP contribution < -0.4 is 4.74 Å². The smallest absolute Gasteiger partial charge is 0.131 e.